The fraction of sp³-hybridized carbons (Fsp3) is 0.292. The Morgan fingerprint density at radius 1 is 0.964 bits per heavy atom. The Hall–Kier alpha value is -2.72. The van der Waals surface area contributed by atoms with Gasteiger partial charge in [-0.3, -0.25) is 0 Å². The second kappa shape index (κ2) is 7.36. The van der Waals surface area contributed by atoms with E-state index in [4.69, 9.17) is 9.47 Å². The van der Waals surface area contributed by atoms with Crippen LogP contribution >= 0.6 is 0 Å². The van der Waals surface area contributed by atoms with Gasteiger partial charge in [0.1, 0.15) is 11.6 Å². The van der Waals surface area contributed by atoms with Crippen molar-refractivity contribution in [3.8, 4) is 5.75 Å². The number of hydrogen-bond acceptors (Lipinski definition) is 2. The third-order valence-electron chi connectivity index (χ3n) is 5.59. The minimum atomic E-state index is -0.466. The minimum absolute atomic E-state index is 0.252. The van der Waals surface area contributed by atoms with Crippen LogP contribution in [0.25, 0.3) is 0 Å². The first-order valence-corrected chi connectivity index (χ1v) is 9.91. The summed E-state index contributed by atoms with van der Waals surface area (Å²) in [6.07, 6.45) is 8.62. The van der Waals surface area contributed by atoms with Gasteiger partial charge in [0, 0.05) is 22.8 Å². The average Bonchev–Trinajstić information content (AvgIpc) is 2.74. The Bertz CT molecular complexity index is 1000. The topological polar surface area (TPSA) is 22.3 Å². The summed E-state index contributed by atoms with van der Waals surface area (Å²) in [5, 5.41) is 0. The van der Waals surface area contributed by atoms with Crippen LogP contribution in [-0.2, 0) is 30.7 Å². The zero-order valence-electron chi connectivity index (χ0n) is 15.7. The molecule has 0 fully saturated rings. The van der Waals surface area contributed by atoms with Gasteiger partial charge in [-0.2, -0.15) is 0 Å². The first-order chi connectivity index (χ1) is 13.8. The van der Waals surface area contributed by atoms with Gasteiger partial charge < -0.3 is 9.47 Å². The maximum Gasteiger partial charge on any atom is 0.227 e. The van der Waals surface area contributed by atoms with Gasteiger partial charge in [-0.25, -0.2) is 8.96 Å². The molecule has 1 aliphatic carbocycles. The second-order valence-corrected chi connectivity index (χ2v) is 7.60. The highest BCUT2D eigenvalue weighted by atomic mass is 19.1. The van der Waals surface area contributed by atoms with E-state index in [0.717, 1.165) is 35.3 Å². The number of nitrogens with zero attached hydrogens (tertiary/aromatic N) is 1. The Labute approximate surface area is 164 Å². The van der Waals surface area contributed by atoms with E-state index < -0.39 is 6.29 Å². The molecule has 0 saturated heterocycles. The summed E-state index contributed by atoms with van der Waals surface area (Å²) in [5.74, 6) is 0.490. The van der Waals surface area contributed by atoms with Gasteiger partial charge in [-0.05, 0) is 43.4 Å². The van der Waals surface area contributed by atoms with Crippen molar-refractivity contribution in [2.45, 2.75) is 45.1 Å². The number of halogens is 1. The molecule has 1 aromatic heterocycles. The SMILES string of the molecule is Fc1cc2c(c(C[n+]3ccc4c(c3)CCCC4)c1)O[C@@H](c1ccccc1)OC2. The van der Waals surface area contributed by atoms with Gasteiger partial charge in [-0.1, -0.05) is 30.3 Å². The standard InChI is InChI=1S/C24H23FNO2/c25-22-12-20(15-26-11-10-17-6-4-5-9-19(17)14-26)23-21(13-22)16-27-24(28-23)18-7-2-1-3-8-18/h1-3,7-8,10-14,24H,4-6,9,15-16H2/q+1/t24-/m0/s1. The van der Waals surface area contributed by atoms with Gasteiger partial charge >= 0.3 is 0 Å². The number of aryl methyl sites for hydroxylation is 2. The predicted molar refractivity (Wildman–Crippen MR) is 103 cm³/mol. The fourth-order valence-corrected chi connectivity index (χ4v) is 4.18. The Morgan fingerprint density at radius 2 is 1.79 bits per heavy atom. The molecule has 3 aromatic rings. The summed E-state index contributed by atoms with van der Waals surface area (Å²) in [6, 6.07) is 15.2. The van der Waals surface area contributed by atoms with E-state index in [1.807, 2.05) is 30.3 Å². The van der Waals surface area contributed by atoms with Crippen LogP contribution in [0.15, 0.2) is 60.9 Å². The van der Waals surface area contributed by atoms with Crippen LogP contribution < -0.4 is 9.30 Å². The number of hydrogen-bond donors (Lipinski definition) is 0. The number of ether oxygens (including phenoxy) is 2. The Balaban J connectivity index is 1.46. The Kier molecular flexibility index (Phi) is 4.57. The van der Waals surface area contributed by atoms with E-state index in [-0.39, 0.29) is 5.82 Å². The summed E-state index contributed by atoms with van der Waals surface area (Å²) in [7, 11) is 0. The molecule has 2 aliphatic rings. The van der Waals surface area contributed by atoms with Crippen molar-refractivity contribution >= 4 is 0 Å². The van der Waals surface area contributed by atoms with Crippen LogP contribution in [-0.4, -0.2) is 0 Å². The van der Waals surface area contributed by atoms with Gasteiger partial charge in [0.15, 0.2) is 18.9 Å². The lowest BCUT2D eigenvalue weighted by molar-refractivity contribution is -0.688. The molecule has 5 rings (SSSR count). The summed E-state index contributed by atoms with van der Waals surface area (Å²) < 4.78 is 28.4. The molecule has 0 saturated carbocycles. The molecule has 1 atom stereocenters. The van der Waals surface area contributed by atoms with Crippen LogP contribution in [0, 0.1) is 5.82 Å². The minimum Gasteiger partial charge on any atom is -0.460 e. The van der Waals surface area contributed by atoms with Crippen LogP contribution in [0.3, 0.4) is 0 Å². The molecule has 0 N–H and O–H groups in total. The van der Waals surface area contributed by atoms with Crippen LogP contribution in [0.5, 0.6) is 5.75 Å². The maximum atomic E-state index is 14.2. The molecule has 3 nitrogen and oxygen atoms in total. The molecule has 28 heavy (non-hydrogen) atoms. The largest absolute Gasteiger partial charge is 0.460 e. The lowest BCUT2D eigenvalue weighted by Crippen LogP contribution is -2.35. The number of aromatic nitrogens is 1. The zero-order chi connectivity index (χ0) is 18.9. The molecule has 0 amide bonds. The number of rotatable bonds is 3. The van der Waals surface area contributed by atoms with E-state index in [9.17, 15) is 4.39 Å². The second-order valence-electron chi connectivity index (χ2n) is 7.60. The molecule has 2 aromatic carbocycles. The van der Waals surface area contributed by atoms with E-state index in [0.29, 0.717) is 13.2 Å². The molecular weight excluding hydrogens is 353 g/mol. The van der Waals surface area contributed by atoms with Crippen molar-refractivity contribution in [2.24, 2.45) is 0 Å². The van der Waals surface area contributed by atoms with E-state index >= 15 is 0 Å². The quantitative estimate of drug-likeness (QED) is 0.621. The predicted octanol–water partition coefficient (Wildman–Crippen LogP) is 4.65. The normalized spacial score (nSPS) is 18.1. The number of fused-ring (bicyclic) bond motifs is 2. The highest BCUT2D eigenvalue weighted by molar-refractivity contribution is 5.43. The number of pyridine rings is 1. The van der Waals surface area contributed by atoms with E-state index in [1.54, 1.807) is 6.07 Å². The molecular formula is C24H23FNO2+. The summed E-state index contributed by atoms with van der Waals surface area (Å²) in [4.78, 5) is 0. The fourth-order valence-electron chi connectivity index (χ4n) is 4.18. The van der Waals surface area contributed by atoms with Crippen molar-refractivity contribution < 1.29 is 18.4 Å². The molecule has 1 aliphatic heterocycles. The van der Waals surface area contributed by atoms with Gasteiger partial charge in [0.25, 0.3) is 0 Å². The lowest BCUT2D eigenvalue weighted by Gasteiger charge is -2.28. The first kappa shape index (κ1) is 17.4. The molecule has 0 bridgehead atoms. The lowest BCUT2D eigenvalue weighted by atomic mass is 9.93. The van der Waals surface area contributed by atoms with Crippen molar-refractivity contribution in [1.82, 2.24) is 0 Å². The highest BCUT2D eigenvalue weighted by Crippen LogP contribution is 2.36. The highest BCUT2D eigenvalue weighted by Gasteiger charge is 2.26. The smallest absolute Gasteiger partial charge is 0.227 e. The van der Waals surface area contributed by atoms with Gasteiger partial charge in [0.05, 0.1) is 12.2 Å². The zero-order valence-corrected chi connectivity index (χ0v) is 15.7. The third kappa shape index (κ3) is 3.40. The maximum absolute atomic E-state index is 14.2. The summed E-state index contributed by atoms with van der Waals surface area (Å²) >= 11 is 0. The number of benzene rings is 2. The van der Waals surface area contributed by atoms with Gasteiger partial charge in [-0.15, -0.1) is 0 Å². The Morgan fingerprint density at radius 3 is 2.64 bits per heavy atom. The molecule has 2 heterocycles. The van der Waals surface area contributed by atoms with Crippen LogP contribution in [0.4, 0.5) is 4.39 Å². The molecule has 142 valence electrons. The molecule has 0 spiro atoms. The van der Waals surface area contributed by atoms with Gasteiger partial charge in [0.2, 0.25) is 6.29 Å². The molecule has 0 radical (unpaired) electrons. The average molecular weight is 376 g/mol. The van der Waals surface area contributed by atoms with Crippen molar-refractivity contribution in [2.75, 3.05) is 0 Å². The molecule has 0 unspecified atom stereocenters. The van der Waals surface area contributed by atoms with Crippen LogP contribution in [0.2, 0.25) is 0 Å². The summed E-state index contributed by atoms with van der Waals surface area (Å²) in [5.41, 5.74) is 5.42. The third-order valence-corrected chi connectivity index (χ3v) is 5.59. The van der Waals surface area contributed by atoms with Crippen molar-refractivity contribution in [1.29, 1.82) is 0 Å². The van der Waals surface area contributed by atoms with E-state index in [2.05, 4.69) is 23.0 Å². The first-order valence-electron chi connectivity index (χ1n) is 9.91. The van der Waals surface area contributed by atoms with Crippen molar-refractivity contribution in [3.63, 3.8) is 0 Å². The van der Waals surface area contributed by atoms with Crippen LogP contribution in [0.1, 0.15) is 46.9 Å². The van der Waals surface area contributed by atoms with E-state index in [1.165, 1.54) is 30.0 Å². The monoisotopic (exact) mass is 376 g/mol. The van der Waals surface area contributed by atoms with Crippen molar-refractivity contribution in [3.05, 3.63) is 94.6 Å². The molecule has 4 heteroatoms. The summed E-state index contributed by atoms with van der Waals surface area (Å²) in [6.45, 7) is 0.920.